The maximum Gasteiger partial charge on any atom is 0.412 e. The third kappa shape index (κ3) is 5.69. The van der Waals surface area contributed by atoms with Crippen LogP contribution < -0.4 is 14.8 Å². The molecular formula is C20H17Br2NO8. The van der Waals surface area contributed by atoms with Crippen molar-refractivity contribution < 1.29 is 38.7 Å². The summed E-state index contributed by atoms with van der Waals surface area (Å²) in [6.07, 6.45) is -0.960. The Morgan fingerprint density at radius 2 is 1.94 bits per heavy atom. The van der Waals surface area contributed by atoms with Crippen LogP contribution in [0.25, 0.3) is 0 Å². The number of rotatable bonds is 7. The van der Waals surface area contributed by atoms with Gasteiger partial charge in [-0.05, 0) is 46.3 Å². The molecule has 1 aliphatic heterocycles. The number of carboxylic acids is 1. The molecule has 9 nitrogen and oxygen atoms in total. The van der Waals surface area contributed by atoms with Gasteiger partial charge in [0.25, 0.3) is 0 Å². The van der Waals surface area contributed by atoms with Gasteiger partial charge in [-0.2, -0.15) is 0 Å². The quantitative estimate of drug-likeness (QED) is 0.421. The second-order valence-electron chi connectivity index (χ2n) is 6.24. The molecule has 2 aromatic carbocycles. The summed E-state index contributed by atoms with van der Waals surface area (Å²) in [7, 11) is 1.33. The fraction of sp³-hybridized carbons (Fsp3) is 0.200. The van der Waals surface area contributed by atoms with E-state index in [0.29, 0.717) is 26.1 Å². The molecule has 31 heavy (non-hydrogen) atoms. The number of amides is 1. The lowest BCUT2D eigenvalue weighted by atomic mass is 10.0. The van der Waals surface area contributed by atoms with Crippen LogP contribution in [0.3, 0.4) is 0 Å². The molecule has 0 radical (unpaired) electrons. The minimum absolute atomic E-state index is 0.0910. The van der Waals surface area contributed by atoms with E-state index in [-0.39, 0.29) is 18.1 Å². The lowest BCUT2D eigenvalue weighted by Gasteiger charge is -2.25. The van der Waals surface area contributed by atoms with Gasteiger partial charge >= 0.3 is 12.1 Å². The molecule has 1 heterocycles. The van der Waals surface area contributed by atoms with Crippen LogP contribution >= 0.6 is 31.9 Å². The molecule has 1 aliphatic rings. The number of anilines is 1. The number of hydrogen-bond acceptors (Lipinski definition) is 7. The molecular weight excluding hydrogens is 542 g/mol. The molecule has 0 fully saturated rings. The molecule has 3 rings (SSSR count). The maximum absolute atomic E-state index is 12.6. The van der Waals surface area contributed by atoms with Crippen LogP contribution in [-0.2, 0) is 14.3 Å². The summed E-state index contributed by atoms with van der Waals surface area (Å²) < 4.78 is 22.3. The van der Waals surface area contributed by atoms with Crippen molar-refractivity contribution >= 4 is 49.6 Å². The van der Waals surface area contributed by atoms with Gasteiger partial charge in [-0.25, -0.2) is 9.59 Å². The topological polar surface area (TPSA) is 124 Å². The van der Waals surface area contributed by atoms with Crippen molar-refractivity contribution in [1.82, 2.24) is 0 Å². The van der Waals surface area contributed by atoms with Crippen LogP contribution in [-0.4, -0.2) is 42.3 Å². The van der Waals surface area contributed by atoms with Gasteiger partial charge in [-0.15, -0.1) is 0 Å². The first kappa shape index (κ1) is 22.9. The van der Waals surface area contributed by atoms with Gasteiger partial charge in [0, 0.05) is 35.0 Å². The smallest absolute Gasteiger partial charge is 0.412 e. The fourth-order valence-electron chi connectivity index (χ4n) is 2.83. The molecule has 0 unspecified atom stereocenters. The number of ether oxygens (including phenoxy) is 4. The Balaban J connectivity index is 1.88. The minimum atomic E-state index is -1.20. The lowest BCUT2D eigenvalue weighted by molar-refractivity contribution is -0.131. The predicted octanol–water partition coefficient (Wildman–Crippen LogP) is 4.59. The number of halogens is 2. The van der Waals surface area contributed by atoms with Crippen LogP contribution in [0.5, 0.6) is 17.2 Å². The van der Waals surface area contributed by atoms with Gasteiger partial charge in [0.15, 0.2) is 17.6 Å². The summed E-state index contributed by atoms with van der Waals surface area (Å²) in [5, 5.41) is 22.0. The lowest BCUT2D eigenvalue weighted by Crippen LogP contribution is -2.27. The van der Waals surface area contributed by atoms with Crippen molar-refractivity contribution in [2.24, 2.45) is 0 Å². The fourth-order valence-corrected chi connectivity index (χ4v) is 4.09. The third-order valence-corrected chi connectivity index (χ3v) is 5.28. The summed E-state index contributed by atoms with van der Waals surface area (Å²) in [6, 6.07) is 7.97. The van der Waals surface area contributed by atoms with Gasteiger partial charge in [0.05, 0.1) is 4.47 Å². The number of hydrogen-bond donors (Lipinski definition) is 3. The van der Waals surface area contributed by atoms with E-state index in [4.69, 9.17) is 24.1 Å². The largest absolute Gasteiger partial charge is 0.506 e. The van der Waals surface area contributed by atoms with E-state index in [2.05, 4.69) is 37.2 Å². The van der Waals surface area contributed by atoms with E-state index in [0.717, 1.165) is 6.08 Å². The number of carboxylic acid groups (broad SMARTS) is 1. The number of carbonyl (C=O) groups is 2. The number of nitrogens with one attached hydrogen (secondary N) is 1. The Kier molecular flexibility index (Phi) is 7.42. The van der Waals surface area contributed by atoms with Crippen molar-refractivity contribution in [3.05, 3.63) is 57.0 Å². The Morgan fingerprint density at radius 3 is 2.65 bits per heavy atom. The second kappa shape index (κ2) is 10.0. The molecule has 0 saturated carbocycles. The highest BCUT2D eigenvalue weighted by Crippen LogP contribution is 2.39. The zero-order valence-electron chi connectivity index (χ0n) is 16.0. The molecule has 11 heteroatoms. The Labute approximate surface area is 193 Å². The van der Waals surface area contributed by atoms with Gasteiger partial charge in [0.2, 0.25) is 6.79 Å². The standard InChI is InChI=1S/C20H17Br2NO8/c1-28-15(4-5-17(24)25)19(12-6-10(21)7-13(22)18(12)26)31-20(27)23-11-2-3-14-16(8-11)30-9-29-14/h2-8,15,19,26H,9H2,1H3,(H,23,27)(H,24,25)/b5-4+/t15-,19-/m1/s1. The number of aliphatic carboxylic acids is 1. The number of benzene rings is 2. The highest BCUT2D eigenvalue weighted by atomic mass is 79.9. The van der Waals surface area contributed by atoms with Crippen molar-refractivity contribution in [3.8, 4) is 17.2 Å². The van der Waals surface area contributed by atoms with Crippen LogP contribution in [0.4, 0.5) is 10.5 Å². The van der Waals surface area contributed by atoms with Crippen LogP contribution in [0, 0.1) is 0 Å². The molecule has 0 aromatic heterocycles. The average molecular weight is 559 g/mol. The number of aromatic hydroxyl groups is 1. The minimum Gasteiger partial charge on any atom is -0.506 e. The van der Waals surface area contributed by atoms with Gasteiger partial charge in [0.1, 0.15) is 11.9 Å². The highest BCUT2D eigenvalue weighted by molar-refractivity contribution is 9.11. The molecule has 0 spiro atoms. The van der Waals surface area contributed by atoms with Crippen molar-refractivity contribution in [1.29, 1.82) is 0 Å². The first-order valence-electron chi connectivity index (χ1n) is 8.77. The Morgan fingerprint density at radius 1 is 1.19 bits per heavy atom. The zero-order valence-corrected chi connectivity index (χ0v) is 19.2. The van der Waals surface area contributed by atoms with Crippen molar-refractivity contribution in [2.45, 2.75) is 12.2 Å². The normalized spacial score (nSPS) is 14.3. The van der Waals surface area contributed by atoms with Crippen molar-refractivity contribution in [2.75, 3.05) is 19.2 Å². The molecule has 1 amide bonds. The van der Waals surface area contributed by atoms with Gasteiger partial charge < -0.3 is 29.2 Å². The highest BCUT2D eigenvalue weighted by Gasteiger charge is 2.30. The summed E-state index contributed by atoms with van der Waals surface area (Å²) >= 11 is 6.55. The molecule has 2 aromatic rings. The summed E-state index contributed by atoms with van der Waals surface area (Å²) in [5.41, 5.74) is 0.590. The Bertz CT molecular complexity index is 1030. The number of carbonyl (C=O) groups excluding carboxylic acids is 1. The maximum atomic E-state index is 12.6. The molecule has 164 valence electrons. The number of methoxy groups -OCH3 is 1. The SMILES string of the molecule is CO[C@H](/C=C/C(=O)O)[C@H](OC(=O)Nc1ccc2c(c1)OCO2)c1cc(Br)cc(Br)c1O. The second-order valence-corrected chi connectivity index (χ2v) is 8.01. The summed E-state index contributed by atoms with van der Waals surface area (Å²) in [5.74, 6) is -0.360. The van der Waals surface area contributed by atoms with E-state index < -0.39 is 24.3 Å². The molecule has 0 saturated heterocycles. The summed E-state index contributed by atoms with van der Waals surface area (Å²) in [4.78, 5) is 23.6. The monoisotopic (exact) mass is 557 g/mol. The zero-order chi connectivity index (χ0) is 22.5. The van der Waals surface area contributed by atoms with Gasteiger partial charge in [-0.1, -0.05) is 15.9 Å². The van der Waals surface area contributed by atoms with Crippen LogP contribution in [0.15, 0.2) is 51.4 Å². The van der Waals surface area contributed by atoms with Crippen molar-refractivity contribution in [3.63, 3.8) is 0 Å². The van der Waals surface area contributed by atoms with Crippen LogP contribution in [0.2, 0.25) is 0 Å². The number of phenolic OH excluding ortho intramolecular Hbond substituents is 1. The molecule has 0 aliphatic carbocycles. The van der Waals surface area contributed by atoms with E-state index in [9.17, 15) is 14.7 Å². The number of fused-ring (bicyclic) bond motifs is 1. The van der Waals surface area contributed by atoms with E-state index >= 15 is 0 Å². The third-order valence-electron chi connectivity index (χ3n) is 4.22. The van der Waals surface area contributed by atoms with E-state index in [1.165, 1.54) is 13.2 Å². The Hall–Kier alpha value is -2.76. The first-order chi connectivity index (χ1) is 14.8. The predicted molar refractivity (Wildman–Crippen MR) is 116 cm³/mol. The van der Waals surface area contributed by atoms with Crippen LogP contribution in [0.1, 0.15) is 11.7 Å². The average Bonchev–Trinajstić information content (AvgIpc) is 3.18. The van der Waals surface area contributed by atoms with Gasteiger partial charge in [-0.3, -0.25) is 5.32 Å². The molecule has 3 N–H and O–H groups in total. The number of phenols is 1. The van der Waals surface area contributed by atoms with E-state index in [1.807, 2.05) is 0 Å². The first-order valence-corrected chi connectivity index (χ1v) is 10.4. The summed E-state index contributed by atoms with van der Waals surface area (Å²) in [6.45, 7) is 0.0910. The molecule has 0 bridgehead atoms. The molecule has 2 atom stereocenters. The van der Waals surface area contributed by atoms with E-state index in [1.54, 1.807) is 30.3 Å².